The maximum Gasteiger partial charge on any atom is 0.307 e. The van der Waals surface area contributed by atoms with Crippen molar-refractivity contribution in [2.75, 3.05) is 45.2 Å². The Bertz CT molecular complexity index is 1690. The summed E-state index contributed by atoms with van der Waals surface area (Å²) in [5.41, 5.74) is 7.57. The molecule has 2 N–H and O–H groups in total. The van der Waals surface area contributed by atoms with Gasteiger partial charge in [-0.3, -0.25) is 13.9 Å². The summed E-state index contributed by atoms with van der Waals surface area (Å²) in [6, 6.07) is 17.8. The molecular formula is C33H42N6O4S. The van der Waals surface area contributed by atoms with Crippen molar-refractivity contribution in [3.8, 4) is 0 Å². The molecule has 2 unspecified atom stereocenters. The molecule has 234 valence electrons. The van der Waals surface area contributed by atoms with Gasteiger partial charge in [0.05, 0.1) is 22.5 Å². The molecule has 0 aliphatic carbocycles. The van der Waals surface area contributed by atoms with Gasteiger partial charge in [0.15, 0.2) is 0 Å². The van der Waals surface area contributed by atoms with Crippen LogP contribution in [0.3, 0.4) is 0 Å². The van der Waals surface area contributed by atoms with Crippen LogP contribution in [0, 0.1) is 13.8 Å². The molecule has 0 amide bonds. The molecule has 2 atom stereocenters. The quantitative estimate of drug-likeness (QED) is 0.266. The first-order valence-electron chi connectivity index (χ1n) is 15.1. The van der Waals surface area contributed by atoms with E-state index in [0.717, 1.165) is 64.0 Å². The number of carbonyl (C=O) groups is 1. The van der Waals surface area contributed by atoms with Crippen molar-refractivity contribution in [2.24, 2.45) is 7.05 Å². The third kappa shape index (κ3) is 5.82. The minimum absolute atomic E-state index is 0.0976. The maximum atomic E-state index is 13.4. The van der Waals surface area contributed by atoms with E-state index in [2.05, 4.69) is 44.4 Å². The van der Waals surface area contributed by atoms with Gasteiger partial charge in [-0.2, -0.15) is 4.31 Å². The Morgan fingerprint density at radius 3 is 2.61 bits per heavy atom. The number of anilines is 1. The summed E-state index contributed by atoms with van der Waals surface area (Å²) in [4.78, 5) is 18.2. The molecule has 44 heavy (non-hydrogen) atoms. The van der Waals surface area contributed by atoms with Gasteiger partial charge in [-0.15, -0.1) is 15.9 Å². The first-order valence-corrected chi connectivity index (χ1v) is 16.6. The van der Waals surface area contributed by atoms with Crippen LogP contribution in [0.25, 0.3) is 11.0 Å². The highest BCUT2D eigenvalue weighted by Gasteiger charge is 2.33. The average Bonchev–Trinajstić information content (AvgIpc) is 3.57. The van der Waals surface area contributed by atoms with Crippen LogP contribution < -0.4 is 4.90 Å². The van der Waals surface area contributed by atoms with Crippen molar-refractivity contribution < 1.29 is 18.6 Å². The zero-order valence-electron chi connectivity index (χ0n) is 26.1. The number of hydrogen-bond donors (Lipinski definition) is 2. The zero-order chi connectivity index (χ0) is 31.2. The fourth-order valence-electron chi connectivity index (χ4n) is 6.52. The molecule has 0 saturated carbocycles. The van der Waals surface area contributed by atoms with E-state index in [4.69, 9.17) is 4.74 Å². The van der Waals surface area contributed by atoms with Gasteiger partial charge in [-0.25, -0.2) is 4.68 Å². The number of carbonyl (C=O) groups excluding carboxylic acids is 1. The van der Waals surface area contributed by atoms with E-state index in [1.54, 1.807) is 15.1 Å². The third-order valence-electron chi connectivity index (χ3n) is 9.21. The van der Waals surface area contributed by atoms with Crippen LogP contribution in [0.5, 0.6) is 0 Å². The highest BCUT2D eigenvalue weighted by Crippen LogP contribution is 2.56. The average molecular weight is 619 g/mol. The predicted octanol–water partition coefficient (Wildman–Crippen LogP) is 5.33. The van der Waals surface area contributed by atoms with Crippen molar-refractivity contribution in [3.63, 3.8) is 0 Å². The number of esters is 1. The van der Waals surface area contributed by atoms with E-state index in [9.17, 15) is 13.9 Å². The number of nitrogens with zero attached hydrogens (tertiary/aromatic N) is 6. The lowest BCUT2D eigenvalue weighted by Gasteiger charge is -2.42. The lowest BCUT2D eigenvalue weighted by molar-refractivity contribution is -0.148. The van der Waals surface area contributed by atoms with Crippen molar-refractivity contribution >= 4 is 33.5 Å². The minimum Gasteiger partial charge on any atom is -0.461 e. The third-order valence-corrected chi connectivity index (χ3v) is 11.2. The summed E-state index contributed by atoms with van der Waals surface area (Å²) in [5, 5.41) is 8.63. The van der Waals surface area contributed by atoms with Crippen LogP contribution in [0.2, 0.25) is 0 Å². The van der Waals surface area contributed by atoms with E-state index in [0.29, 0.717) is 24.5 Å². The van der Waals surface area contributed by atoms with Gasteiger partial charge < -0.3 is 14.5 Å². The Kier molecular flexibility index (Phi) is 8.42. The summed E-state index contributed by atoms with van der Waals surface area (Å²) in [6.07, 6.45) is 0.929. The monoisotopic (exact) mass is 618 g/mol. The van der Waals surface area contributed by atoms with Crippen LogP contribution in [-0.4, -0.2) is 85.7 Å². The molecule has 11 heteroatoms. The first kappa shape index (κ1) is 30.5. The molecule has 0 spiro atoms. The van der Waals surface area contributed by atoms with Gasteiger partial charge in [-0.05, 0) is 73.3 Å². The van der Waals surface area contributed by atoms with Gasteiger partial charge in [0.1, 0.15) is 11.6 Å². The second kappa shape index (κ2) is 12.1. The number of para-hydroxylation sites is 1. The first-order chi connectivity index (χ1) is 21.0. The Morgan fingerprint density at radius 2 is 1.84 bits per heavy atom. The smallest absolute Gasteiger partial charge is 0.307 e. The minimum atomic E-state index is -3.22. The van der Waals surface area contributed by atoms with Crippen LogP contribution in [0.15, 0.2) is 59.5 Å². The summed E-state index contributed by atoms with van der Waals surface area (Å²) < 4.78 is 32.6. The summed E-state index contributed by atoms with van der Waals surface area (Å²) >= 11 is 0. The SMILES string of the molecule is Cc1ccc(C(CC(=O)OC2CCN(C)C2)c2ccc3c(nnn3C)c2C)cc1CN1CCN(C)c2ccccc2S1(O)O. The van der Waals surface area contributed by atoms with Gasteiger partial charge in [-0.1, -0.05) is 41.6 Å². The Morgan fingerprint density at radius 1 is 1.05 bits per heavy atom. The van der Waals surface area contributed by atoms with Gasteiger partial charge in [0, 0.05) is 52.7 Å². The molecule has 1 saturated heterocycles. The van der Waals surface area contributed by atoms with Crippen molar-refractivity contribution in [1.82, 2.24) is 24.2 Å². The molecule has 1 aromatic heterocycles. The largest absolute Gasteiger partial charge is 0.461 e. The highest BCUT2D eigenvalue weighted by molar-refractivity contribution is 8.22. The molecule has 2 aliphatic rings. The molecule has 6 rings (SSSR count). The maximum absolute atomic E-state index is 13.4. The lowest BCUT2D eigenvalue weighted by atomic mass is 9.84. The second-order valence-corrected chi connectivity index (χ2v) is 14.2. The van der Waals surface area contributed by atoms with Crippen molar-refractivity contribution in [1.29, 1.82) is 0 Å². The lowest BCUT2D eigenvalue weighted by Crippen LogP contribution is -2.31. The number of benzene rings is 3. The van der Waals surface area contributed by atoms with E-state index in [1.165, 1.54) is 0 Å². The Balaban J connectivity index is 1.35. The van der Waals surface area contributed by atoms with Gasteiger partial charge in [0.2, 0.25) is 0 Å². The molecule has 3 aromatic carbocycles. The molecular weight excluding hydrogens is 576 g/mol. The number of likely N-dealkylation sites (tertiary alicyclic amines) is 1. The topological polar surface area (TPSA) is 107 Å². The van der Waals surface area contributed by atoms with Gasteiger partial charge >= 0.3 is 5.97 Å². The fourth-order valence-corrected chi connectivity index (χ4v) is 8.21. The number of hydrogen-bond acceptors (Lipinski definition) is 9. The van der Waals surface area contributed by atoms with E-state index in [-0.39, 0.29) is 24.4 Å². The van der Waals surface area contributed by atoms with Gasteiger partial charge in [0.25, 0.3) is 0 Å². The number of rotatable bonds is 7. The standard InChI is InChI=1S/C33H42N6O4S/c1-22-10-11-24(18-25(22)20-39-17-16-37(4)29-8-6-7-9-31(29)44(39,41)42)28(19-32(40)43-26-14-15-36(3)21-26)27-12-13-30-33(23(27)2)34-35-38(30)5/h6-13,18,26,28,41-42H,14-17,19-21H2,1-5H3. The fraction of sp³-hybridized carbons (Fsp3) is 0.424. The molecule has 0 bridgehead atoms. The summed E-state index contributed by atoms with van der Waals surface area (Å²) in [5.74, 6) is -0.499. The number of aryl methyl sites for hydroxylation is 3. The van der Waals surface area contributed by atoms with E-state index < -0.39 is 10.8 Å². The van der Waals surface area contributed by atoms with Crippen LogP contribution in [-0.2, 0) is 23.1 Å². The molecule has 1 fully saturated rings. The Labute approximate surface area is 260 Å². The summed E-state index contributed by atoms with van der Waals surface area (Å²) in [7, 11) is 2.67. The van der Waals surface area contributed by atoms with Crippen molar-refractivity contribution in [3.05, 3.63) is 82.4 Å². The zero-order valence-corrected chi connectivity index (χ0v) is 26.9. The predicted molar refractivity (Wildman–Crippen MR) is 174 cm³/mol. The van der Waals surface area contributed by atoms with E-state index in [1.807, 2.05) is 59.3 Å². The van der Waals surface area contributed by atoms with Crippen LogP contribution in [0.4, 0.5) is 5.69 Å². The number of fused-ring (bicyclic) bond motifs is 2. The second-order valence-electron chi connectivity index (χ2n) is 12.2. The number of aromatic nitrogens is 3. The number of likely N-dealkylation sites (N-methyl/N-ethyl adjacent to an activating group) is 2. The van der Waals surface area contributed by atoms with E-state index >= 15 is 0 Å². The van der Waals surface area contributed by atoms with Crippen LogP contribution in [0.1, 0.15) is 46.6 Å². The van der Waals surface area contributed by atoms with Crippen molar-refractivity contribution in [2.45, 2.75) is 50.2 Å². The molecule has 3 heterocycles. The summed E-state index contributed by atoms with van der Waals surface area (Å²) in [6.45, 7) is 7.25. The number of ether oxygens (including phenoxy) is 1. The molecule has 10 nitrogen and oxygen atoms in total. The normalized spacial score (nSPS) is 20.3. The molecule has 0 radical (unpaired) electrons. The Hall–Kier alpha value is -3.48. The molecule has 2 aliphatic heterocycles. The molecule has 4 aromatic rings. The highest BCUT2D eigenvalue weighted by atomic mass is 32.3. The van der Waals surface area contributed by atoms with Crippen LogP contribution >= 0.6 is 10.8 Å².